The monoisotopic (exact) mass is 742 g/mol. The Labute approximate surface area is 333 Å². The van der Waals surface area contributed by atoms with Crippen molar-refractivity contribution in [1.29, 1.82) is 0 Å². The van der Waals surface area contributed by atoms with E-state index in [1.54, 1.807) is 0 Å². The molecule has 0 amide bonds. The SMILES string of the molecule is c1ccc(-n2c3ccccc3c3ccccc32)c(-c2ccc(N(c3ccc4c(c3)sc3ccccc34)c3ccc4c5ccccc5c5ccccc5c4c3)cc2)c1. The lowest BCUT2D eigenvalue weighted by molar-refractivity contribution is 1.18. The van der Waals surface area contributed by atoms with E-state index in [2.05, 4.69) is 216 Å². The fourth-order valence-electron chi connectivity index (χ4n) is 9.22. The molecule has 0 saturated heterocycles. The Balaban J connectivity index is 1.05. The first kappa shape index (κ1) is 32.1. The lowest BCUT2D eigenvalue weighted by atomic mass is 9.94. The van der Waals surface area contributed by atoms with Gasteiger partial charge in [0.1, 0.15) is 0 Å². The summed E-state index contributed by atoms with van der Waals surface area (Å²) in [5.74, 6) is 0. The number of rotatable bonds is 5. The summed E-state index contributed by atoms with van der Waals surface area (Å²) in [6.45, 7) is 0. The Morgan fingerprint density at radius 3 is 1.44 bits per heavy atom. The van der Waals surface area contributed by atoms with Gasteiger partial charge in [-0.15, -0.1) is 11.3 Å². The summed E-state index contributed by atoms with van der Waals surface area (Å²) in [7, 11) is 0. The van der Waals surface area contributed by atoms with Crippen LogP contribution in [0.1, 0.15) is 0 Å². The molecule has 0 bridgehead atoms. The molecule has 0 saturated carbocycles. The highest BCUT2D eigenvalue weighted by atomic mass is 32.1. The minimum atomic E-state index is 1.11. The molecule has 0 atom stereocenters. The van der Waals surface area contributed by atoms with Gasteiger partial charge in [0, 0.05) is 53.6 Å². The highest BCUT2D eigenvalue weighted by Crippen LogP contribution is 2.44. The van der Waals surface area contributed by atoms with Crippen LogP contribution in [0.15, 0.2) is 206 Å². The number of hydrogen-bond acceptors (Lipinski definition) is 2. The highest BCUT2D eigenvalue weighted by molar-refractivity contribution is 7.25. The molecule has 266 valence electrons. The summed E-state index contributed by atoms with van der Waals surface area (Å²) in [5, 5.41) is 12.8. The van der Waals surface area contributed by atoms with Crippen LogP contribution < -0.4 is 4.90 Å². The smallest absolute Gasteiger partial charge is 0.0541 e. The van der Waals surface area contributed by atoms with E-state index in [0.29, 0.717) is 0 Å². The predicted molar refractivity (Wildman–Crippen MR) is 246 cm³/mol. The second-order valence-electron chi connectivity index (χ2n) is 14.9. The molecule has 0 spiro atoms. The molecule has 3 heteroatoms. The summed E-state index contributed by atoms with van der Waals surface area (Å²) in [6.07, 6.45) is 0. The van der Waals surface area contributed by atoms with Crippen molar-refractivity contribution in [2.24, 2.45) is 0 Å². The van der Waals surface area contributed by atoms with Gasteiger partial charge < -0.3 is 9.47 Å². The van der Waals surface area contributed by atoms with Crippen LogP contribution in [0.4, 0.5) is 17.1 Å². The third-order valence-corrected chi connectivity index (χ3v) is 12.9. The highest BCUT2D eigenvalue weighted by Gasteiger charge is 2.19. The Hall–Kier alpha value is -7.20. The van der Waals surface area contributed by atoms with Gasteiger partial charge in [-0.25, -0.2) is 0 Å². The van der Waals surface area contributed by atoms with Gasteiger partial charge in [0.25, 0.3) is 0 Å². The van der Waals surface area contributed by atoms with Gasteiger partial charge >= 0.3 is 0 Å². The first-order valence-corrected chi connectivity index (χ1v) is 20.3. The van der Waals surface area contributed by atoms with Crippen LogP contribution in [-0.4, -0.2) is 4.57 Å². The third kappa shape index (κ3) is 4.96. The summed E-state index contributed by atoms with van der Waals surface area (Å²) in [6, 6.07) is 75.8. The van der Waals surface area contributed by atoms with E-state index >= 15 is 0 Å². The number of benzene rings is 10. The minimum Gasteiger partial charge on any atom is -0.310 e. The van der Waals surface area contributed by atoms with Crippen molar-refractivity contribution < 1.29 is 0 Å². The van der Waals surface area contributed by atoms with Gasteiger partial charge in [0.15, 0.2) is 0 Å². The summed E-state index contributed by atoms with van der Waals surface area (Å²) in [4.78, 5) is 2.43. The van der Waals surface area contributed by atoms with Crippen LogP contribution in [0.25, 0.3) is 91.1 Å². The quantitative estimate of drug-likeness (QED) is 0.159. The van der Waals surface area contributed by atoms with E-state index in [-0.39, 0.29) is 0 Å². The summed E-state index contributed by atoms with van der Waals surface area (Å²) in [5.41, 5.74) is 9.33. The molecule has 0 radical (unpaired) electrons. The van der Waals surface area contributed by atoms with E-state index in [0.717, 1.165) is 17.1 Å². The van der Waals surface area contributed by atoms with Crippen LogP contribution in [0.2, 0.25) is 0 Å². The molecule has 12 aromatic rings. The summed E-state index contributed by atoms with van der Waals surface area (Å²) < 4.78 is 5.02. The Bertz CT molecular complexity index is 3450. The fraction of sp³-hybridized carbons (Fsp3) is 0. The van der Waals surface area contributed by atoms with Crippen molar-refractivity contribution >= 4 is 103 Å². The minimum absolute atomic E-state index is 1.11. The summed E-state index contributed by atoms with van der Waals surface area (Å²) >= 11 is 1.86. The van der Waals surface area contributed by atoms with E-state index in [1.165, 1.54) is 91.1 Å². The Morgan fingerprint density at radius 2 is 0.772 bits per heavy atom. The number of anilines is 3. The van der Waals surface area contributed by atoms with Gasteiger partial charge in [0.2, 0.25) is 0 Å². The van der Waals surface area contributed by atoms with Crippen LogP contribution >= 0.6 is 11.3 Å². The molecule has 2 heterocycles. The predicted octanol–water partition coefficient (Wildman–Crippen LogP) is 15.7. The van der Waals surface area contributed by atoms with E-state index < -0.39 is 0 Å². The molecule has 57 heavy (non-hydrogen) atoms. The van der Waals surface area contributed by atoms with E-state index in [9.17, 15) is 0 Å². The molecule has 10 aromatic carbocycles. The normalized spacial score (nSPS) is 11.9. The average Bonchev–Trinajstić information content (AvgIpc) is 3.82. The fourth-order valence-corrected chi connectivity index (χ4v) is 10.4. The maximum Gasteiger partial charge on any atom is 0.0541 e. The molecule has 0 aliphatic carbocycles. The van der Waals surface area contributed by atoms with Crippen molar-refractivity contribution in [1.82, 2.24) is 4.57 Å². The number of fused-ring (bicyclic) bond motifs is 12. The first-order valence-electron chi connectivity index (χ1n) is 19.5. The van der Waals surface area contributed by atoms with Gasteiger partial charge in [-0.3, -0.25) is 0 Å². The molecule has 2 aromatic heterocycles. The second kappa shape index (κ2) is 12.7. The molecular formula is C54H34N2S. The van der Waals surface area contributed by atoms with Crippen molar-refractivity contribution in [3.63, 3.8) is 0 Å². The number of aromatic nitrogens is 1. The van der Waals surface area contributed by atoms with Crippen LogP contribution in [0, 0.1) is 0 Å². The molecule has 0 fully saturated rings. The molecule has 0 aliphatic rings. The largest absolute Gasteiger partial charge is 0.310 e. The molecule has 12 rings (SSSR count). The zero-order valence-corrected chi connectivity index (χ0v) is 31.7. The molecule has 0 N–H and O–H groups in total. The molecule has 0 unspecified atom stereocenters. The second-order valence-corrected chi connectivity index (χ2v) is 16.0. The maximum atomic E-state index is 2.43. The Kier molecular flexibility index (Phi) is 7.13. The van der Waals surface area contributed by atoms with Gasteiger partial charge in [-0.1, -0.05) is 146 Å². The first-order chi connectivity index (χ1) is 28.3. The van der Waals surface area contributed by atoms with Gasteiger partial charge in [0.05, 0.1) is 16.7 Å². The standard InChI is InChI=1S/C54H34N2S/c1-2-16-42-40(14-1)41-15-3-4-17-43(41)49-33-37(29-31-44(42)49)55(38-30-32-48-47-20-8-12-24-53(47)57-54(48)34-38)36-27-25-35(26-28-36)39-13-5-9-21-50(39)56-51-22-10-6-18-45(51)46-19-7-11-23-52(46)56/h1-34H. The van der Waals surface area contributed by atoms with Crippen molar-refractivity contribution in [2.75, 3.05) is 4.90 Å². The van der Waals surface area contributed by atoms with Crippen molar-refractivity contribution in [3.8, 4) is 16.8 Å². The van der Waals surface area contributed by atoms with Crippen LogP contribution in [-0.2, 0) is 0 Å². The van der Waals surface area contributed by atoms with Crippen LogP contribution in [0.3, 0.4) is 0 Å². The lowest BCUT2D eigenvalue weighted by Gasteiger charge is -2.26. The lowest BCUT2D eigenvalue weighted by Crippen LogP contribution is -2.10. The van der Waals surface area contributed by atoms with E-state index in [1.807, 2.05) is 11.3 Å². The topological polar surface area (TPSA) is 8.17 Å². The van der Waals surface area contributed by atoms with Crippen molar-refractivity contribution in [2.45, 2.75) is 0 Å². The zero-order chi connectivity index (χ0) is 37.5. The number of thiophene rings is 1. The van der Waals surface area contributed by atoms with Crippen molar-refractivity contribution in [3.05, 3.63) is 206 Å². The molecular weight excluding hydrogens is 709 g/mol. The van der Waals surface area contributed by atoms with Crippen LogP contribution in [0.5, 0.6) is 0 Å². The third-order valence-electron chi connectivity index (χ3n) is 11.8. The van der Waals surface area contributed by atoms with Gasteiger partial charge in [-0.2, -0.15) is 0 Å². The molecule has 2 nitrogen and oxygen atoms in total. The number of para-hydroxylation sites is 3. The molecule has 0 aliphatic heterocycles. The zero-order valence-electron chi connectivity index (χ0n) is 30.9. The average molecular weight is 743 g/mol. The van der Waals surface area contributed by atoms with Gasteiger partial charge in [-0.05, 0) is 98.5 Å². The maximum absolute atomic E-state index is 2.43. The van der Waals surface area contributed by atoms with E-state index in [4.69, 9.17) is 0 Å². The Morgan fingerprint density at radius 1 is 0.316 bits per heavy atom. The number of hydrogen-bond donors (Lipinski definition) is 0. The number of nitrogens with zero attached hydrogens (tertiary/aromatic N) is 2.